The summed E-state index contributed by atoms with van der Waals surface area (Å²) in [5, 5.41) is 9.98. The molecular formula is C16H15ClNO2+. The van der Waals surface area contributed by atoms with Crippen molar-refractivity contribution >= 4 is 28.9 Å². The molecule has 1 N–H and O–H groups in total. The molecule has 1 aliphatic rings. The number of benzene rings is 2. The van der Waals surface area contributed by atoms with E-state index in [-0.39, 0.29) is 6.54 Å². The van der Waals surface area contributed by atoms with Crippen LogP contribution < -0.4 is 4.48 Å². The van der Waals surface area contributed by atoms with Gasteiger partial charge in [-0.25, -0.2) is 9.28 Å². The van der Waals surface area contributed by atoms with Crippen molar-refractivity contribution in [1.82, 2.24) is 4.48 Å². The van der Waals surface area contributed by atoms with E-state index in [0.29, 0.717) is 9.51 Å². The molecule has 1 unspecified atom stereocenters. The van der Waals surface area contributed by atoms with Crippen molar-refractivity contribution in [2.75, 3.05) is 13.1 Å². The van der Waals surface area contributed by atoms with Crippen molar-refractivity contribution in [1.29, 1.82) is 0 Å². The van der Waals surface area contributed by atoms with E-state index in [1.807, 2.05) is 42.5 Å². The van der Waals surface area contributed by atoms with Gasteiger partial charge in [-0.15, -0.1) is 0 Å². The smallest absolute Gasteiger partial charge is 0.360 e. The van der Waals surface area contributed by atoms with Gasteiger partial charge in [-0.2, -0.15) is 0 Å². The lowest BCUT2D eigenvalue weighted by Gasteiger charge is -2.32. The van der Waals surface area contributed by atoms with Gasteiger partial charge in [-0.05, 0) is 18.2 Å². The fourth-order valence-electron chi connectivity index (χ4n) is 3.07. The molecule has 2 aromatic carbocycles. The number of carboxylic acid groups (broad SMARTS) is 1. The third-order valence-electron chi connectivity index (χ3n) is 3.92. The molecule has 0 bridgehead atoms. The molecule has 0 amide bonds. The van der Waals surface area contributed by atoms with E-state index >= 15 is 0 Å². The quantitative estimate of drug-likeness (QED) is 0.876. The predicted octanol–water partition coefficient (Wildman–Crippen LogP) is 3.62. The van der Waals surface area contributed by atoms with E-state index < -0.39 is 5.97 Å². The molecule has 2 aromatic rings. The van der Waals surface area contributed by atoms with Gasteiger partial charge >= 0.3 is 5.97 Å². The lowest BCUT2D eigenvalue weighted by atomic mass is 10.1. The Morgan fingerprint density at radius 2 is 2.00 bits per heavy atom. The van der Waals surface area contributed by atoms with E-state index in [2.05, 4.69) is 6.07 Å². The van der Waals surface area contributed by atoms with Crippen molar-refractivity contribution in [2.45, 2.75) is 6.42 Å². The van der Waals surface area contributed by atoms with E-state index in [1.54, 1.807) is 0 Å². The zero-order chi connectivity index (χ0) is 14.2. The molecular weight excluding hydrogens is 274 g/mol. The largest absolute Gasteiger partial charge is 0.477 e. The van der Waals surface area contributed by atoms with E-state index in [0.717, 1.165) is 24.3 Å². The minimum absolute atomic E-state index is 0.0390. The Hall–Kier alpha value is -1.84. The van der Waals surface area contributed by atoms with Crippen LogP contribution in [0.2, 0.25) is 5.02 Å². The maximum absolute atomic E-state index is 11.4. The van der Waals surface area contributed by atoms with Crippen LogP contribution in [0, 0.1) is 0 Å². The summed E-state index contributed by atoms with van der Waals surface area (Å²) in [7, 11) is 0. The number of carboxylic acids is 1. The fourth-order valence-corrected chi connectivity index (χ4v) is 3.25. The maximum Gasteiger partial charge on any atom is 0.360 e. The number of fused-ring (bicyclic) bond motifs is 1. The first-order chi connectivity index (χ1) is 9.62. The summed E-state index contributed by atoms with van der Waals surface area (Å²) >= 11 is 6.09. The summed E-state index contributed by atoms with van der Waals surface area (Å²) in [5.74, 6) is -0.804. The number of rotatable bonds is 3. The Balaban J connectivity index is 2.19. The molecule has 1 heterocycles. The maximum atomic E-state index is 11.4. The molecule has 0 spiro atoms. The second-order valence-electron chi connectivity index (χ2n) is 5.10. The molecule has 0 aromatic heterocycles. The van der Waals surface area contributed by atoms with Crippen molar-refractivity contribution in [3.8, 4) is 0 Å². The number of hydrogen-bond donors (Lipinski definition) is 1. The van der Waals surface area contributed by atoms with Gasteiger partial charge in [0.05, 0.1) is 6.54 Å². The van der Waals surface area contributed by atoms with Gasteiger partial charge in [-0.1, -0.05) is 35.9 Å². The third-order valence-corrected chi connectivity index (χ3v) is 4.16. The Bertz CT molecular complexity index is 671. The zero-order valence-corrected chi connectivity index (χ0v) is 11.7. The van der Waals surface area contributed by atoms with Crippen LogP contribution in [0.4, 0.5) is 11.4 Å². The van der Waals surface area contributed by atoms with Crippen LogP contribution in [0.15, 0.2) is 48.5 Å². The molecule has 0 saturated carbocycles. The van der Waals surface area contributed by atoms with Crippen LogP contribution in [0.1, 0.15) is 5.56 Å². The summed E-state index contributed by atoms with van der Waals surface area (Å²) in [6.07, 6.45) is 0.885. The van der Waals surface area contributed by atoms with Crippen LogP contribution in [-0.2, 0) is 11.2 Å². The Labute approximate surface area is 122 Å². The molecule has 0 saturated heterocycles. The summed E-state index contributed by atoms with van der Waals surface area (Å²) < 4.78 is 0.339. The molecule has 0 radical (unpaired) electrons. The Kier molecular flexibility index (Phi) is 3.24. The van der Waals surface area contributed by atoms with Crippen LogP contribution >= 0.6 is 11.6 Å². The first-order valence-corrected chi connectivity index (χ1v) is 6.93. The summed E-state index contributed by atoms with van der Waals surface area (Å²) in [6, 6.07) is 15.6. The Morgan fingerprint density at radius 3 is 2.75 bits per heavy atom. The highest BCUT2D eigenvalue weighted by Gasteiger charge is 2.42. The van der Waals surface area contributed by atoms with Gasteiger partial charge in [0.15, 0.2) is 6.54 Å². The SMILES string of the molecule is O=C(O)C[N+]1(c2cccc(Cl)c2)CCc2ccccc21. The minimum Gasteiger partial charge on any atom is -0.477 e. The number of hydrogen-bond acceptors (Lipinski definition) is 1. The highest BCUT2D eigenvalue weighted by atomic mass is 35.5. The number of quaternary nitrogens is 1. The molecule has 3 rings (SSSR count). The molecule has 1 aliphatic heterocycles. The second kappa shape index (κ2) is 4.93. The summed E-state index contributed by atoms with van der Waals surface area (Å²) in [6.45, 7) is 0.795. The van der Waals surface area contributed by atoms with Crippen LogP contribution in [0.25, 0.3) is 0 Å². The lowest BCUT2D eigenvalue weighted by molar-refractivity contribution is -0.137. The van der Waals surface area contributed by atoms with Crippen LogP contribution in [-0.4, -0.2) is 24.2 Å². The van der Waals surface area contributed by atoms with Crippen molar-refractivity contribution in [3.05, 3.63) is 59.1 Å². The van der Waals surface area contributed by atoms with Gasteiger partial charge in [0, 0.05) is 23.1 Å². The van der Waals surface area contributed by atoms with Gasteiger partial charge < -0.3 is 5.11 Å². The first kappa shape index (κ1) is 13.2. The lowest BCUT2D eigenvalue weighted by Crippen LogP contribution is -2.46. The molecule has 1 atom stereocenters. The standard InChI is InChI=1S/C16H14ClNO2/c17-13-5-3-6-14(10-13)18(11-16(19)20)9-8-12-4-1-2-7-15(12)18/h1-7,10H,8-9,11H2/p+1. The molecule has 20 heavy (non-hydrogen) atoms. The molecule has 3 nitrogen and oxygen atoms in total. The van der Waals surface area contributed by atoms with Crippen LogP contribution in [0.5, 0.6) is 0 Å². The van der Waals surface area contributed by atoms with Crippen molar-refractivity contribution in [2.24, 2.45) is 0 Å². The number of aliphatic carboxylic acids is 1. The molecule has 4 heteroatoms. The second-order valence-corrected chi connectivity index (χ2v) is 5.54. The highest BCUT2D eigenvalue weighted by Crippen LogP contribution is 2.42. The van der Waals surface area contributed by atoms with Gasteiger partial charge in [0.2, 0.25) is 0 Å². The third kappa shape index (κ3) is 2.09. The van der Waals surface area contributed by atoms with Gasteiger partial charge in [0.25, 0.3) is 0 Å². The predicted molar refractivity (Wildman–Crippen MR) is 80.4 cm³/mol. The first-order valence-electron chi connectivity index (χ1n) is 6.55. The summed E-state index contributed by atoms with van der Waals surface area (Å²) in [5.41, 5.74) is 3.22. The number of para-hydroxylation sites is 1. The normalized spacial score (nSPS) is 20.6. The molecule has 102 valence electrons. The van der Waals surface area contributed by atoms with Gasteiger partial charge in [-0.3, -0.25) is 0 Å². The fraction of sp³-hybridized carbons (Fsp3) is 0.188. The van der Waals surface area contributed by atoms with Crippen molar-refractivity contribution < 1.29 is 9.90 Å². The van der Waals surface area contributed by atoms with E-state index in [4.69, 9.17) is 11.6 Å². The van der Waals surface area contributed by atoms with E-state index in [9.17, 15) is 9.90 Å². The molecule has 0 aliphatic carbocycles. The van der Waals surface area contributed by atoms with E-state index in [1.165, 1.54) is 5.56 Å². The number of halogens is 1. The number of nitrogens with zero attached hydrogens (tertiary/aromatic N) is 1. The zero-order valence-electron chi connectivity index (χ0n) is 10.9. The number of carbonyl (C=O) groups is 1. The van der Waals surface area contributed by atoms with Crippen LogP contribution in [0.3, 0.4) is 0 Å². The summed E-state index contributed by atoms with van der Waals surface area (Å²) in [4.78, 5) is 11.4. The topological polar surface area (TPSA) is 37.3 Å². The average Bonchev–Trinajstić information content (AvgIpc) is 2.79. The van der Waals surface area contributed by atoms with Gasteiger partial charge in [0.1, 0.15) is 11.4 Å². The average molecular weight is 289 g/mol. The minimum atomic E-state index is -0.804. The Morgan fingerprint density at radius 1 is 1.20 bits per heavy atom. The molecule has 0 fully saturated rings. The highest BCUT2D eigenvalue weighted by molar-refractivity contribution is 6.30. The van der Waals surface area contributed by atoms with Crippen molar-refractivity contribution in [3.63, 3.8) is 0 Å². The monoisotopic (exact) mass is 288 g/mol.